The molecule has 0 radical (unpaired) electrons. The van der Waals surface area contributed by atoms with Crippen LogP contribution in [0.25, 0.3) is 0 Å². The molecule has 0 fully saturated rings. The van der Waals surface area contributed by atoms with Gasteiger partial charge in [-0.2, -0.15) is 0 Å². The van der Waals surface area contributed by atoms with Gasteiger partial charge < -0.3 is 0 Å². The van der Waals surface area contributed by atoms with Crippen molar-refractivity contribution in [2.24, 2.45) is 0 Å². The van der Waals surface area contributed by atoms with Crippen LogP contribution in [0.4, 0.5) is 0 Å². The van der Waals surface area contributed by atoms with Crippen molar-refractivity contribution in [3.63, 3.8) is 0 Å². The number of rotatable bonds is 8. The van der Waals surface area contributed by atoms with Crippen LogP contribution in [0.1, 0.15) is 103 Å². The summed E-state index contributed by atoms with van der Waals surface area (Å²) in [5, 5.41) is 0. The molecule has 0 aromatic heterocycles. The molecule has 0 aliphatic rings. The first-order valence-electron chi connectivity index (χ1n) is 14.3. The summed E-state index contributed by atoms with van der Waals surface area (Å²) in [6, 6.07) is 31.6. The fraction of sp³-hybridized carbons (Fsp3) is 0.333. The summed E-state index contributed by atoms with van der Waals surface area (Å²) in [5.41, 5.74) is 9.46. The molecule has 0 saturated heterocycles. The normalized spacial score (nSPS) is 11.2. The van der Waals surface area contributed by atoms with E-state index >= 15 is 0 Å². The van der Waals surface area contributed by atoms with Gasteiger partial charge in [0, 0.05) is 5.92 Å². The standard InChI is InChI=1S/C14H14.C11H20.C10H12.C4H8/c1-12(13-8-4-2-5-9-13)14-10-6-3-7-11-14;1-6-8-10(5)11(7-2)9(3)4;1-3-9(2)10-7-5-4-6-8-10;1-4(2)3/h2-12H,1H3;3,6-8H2,1-2,4-5H3;3-9H,1H2,2H3;1H2,2-3H3/b;11-10+;;. The molecule has 0 nitrogen and oxygen atoms in total. The number of benzene rings is 3. The largest absolute Gasteiger partial charge is 0.102 e. The van der Waals surface area contributed by atoms with Crippen molar-refractivity contribution in [2.45, 2.75) is 86.5 Å². The molecule has 0 heterocycles. The monoisotopic (exact) mass is 522 g/mol. The molecule has 0 bridgehead atoms. The van der Waals surface area contributed by atoms with Gasteiger partial charge in [-0.15, -0.1) is 13.2 Å². The first-order valence-corrected chi connectivity index (χ1v) is 14.3. The van der Waals surface area contributed by atoms with E-state index in [2.05, 4.69) is 146 Å². The second kappa shape index (κ2) is 21.5. The molecule has 3 rings (SSSR count). The maximum Gasteiger partial charge on any atom is 0.00610 e. The Morgan fingerprint density at radius 3 is 1.31 bits per heavy atom. The highest BCUT2D eigenvalue weighted by molar-refractivity contribution is 5.31. The molecule has 0 spiro atoms. The van der Waals surface area contributed by atoms with Crippen LogP contribution >= 0.6 is 0 Å². The van der Waals surface area contributed by atoms with Crippen LogP contribution in [0, 0.1) is 0 Å². The second-order valence-corrected chi connectivity index (χ2v) is 10.3. The maximum absolute atomic E-state index is 3.97. The predicted molar refractivity (Wildman–Crippen MR) is 179 cm³/mol. The molecule has 210 valence electrons. The zero-order valence-corrected chi connectivity index (χ0v) is 26.1. The van der Waals surface area contributed by atoms with Gasteiger partial charge in [-0.1, -0.05) is 154 Å². The third-order valence-electron chi connectivity index (χ3n) is 6.29. The molecule has 3 aromatic carbocycles. The van der Waals surface area contributed by atoms with Gasteiger partial charge >= 0.3 is 0 Å². The van der Waals surface area contributed by atoms with E-state index < -0.39 is 0 Å². The minimum Gasteiger partial charge on any atom is -0.102 e. The van der Waals surface area contributed by atoms with Crippen LogP contribution in [0.3, 0.4) is 0 Å². The summed E-state index contributed by atoms with van der Waals surface area (Å²) in [5.74, 6) is 0.957. The molecule has 0 saturated carbocycles. The van der Waals surface area contributed by atoms with Gasteiger partial charge in [0.1, 0.15) is 0 Å². The zero-order valence-electron chi connectivity index (χ0n) is 26.1. The van der Waals surface area contributed by atoms with Crippen LogP contribution in [0.2, 0.25) is 0 Å². The van der Waals surface area contributed by atoms with Gasteiger partial charge in [-0.05, 0) is 68.7 Å². The molecule has 3 aromatic rings. The first kappa shape index (κ1) is 35.6. The first-order chi connectivity index (χ1) is 18.6. The Kier molecular flexibility index (Phi) is 19.7. The maximum atomic E-state index is 3.97. The summed E-state index contributed by atoms with van der Waals surface area (Å²) in [4.78, 5) is 0. The van der Waals surface area contributed by atoms with Gasteiger partial charge in [0.05, 0.1) is 0 Å². The third-order valence-corrected chi connectivity index (χ3v) is 6.29. The van der Waals surface area contributed by atoms with Crippen molar-refractivity contribution in [1.29, 1.82) is 0 Å². The fourth-order valence-corrected chi connectivity index (χ4v) is 4.06. The molecule has 0 N–H and O–H groups in total. The Morgan fingerprint density at radius 2 is 1.03 bits per heavy atom. The van der Waals surface area contributed by atoms with Crippen LogP contribution in [-0.4, -0.2) is 0 Å². The molecule has 39 heavy (non-hydrogen) atoms. The minimum atomic E-state index is 0.473. The lowest BCUT2D eigenvalue weighted by Gasteiger charge is -2.11. The van der Waals surface area contributed by atoms with E-state index in [0.717, 1.165) is 6.42 Å². The summed E-state index contributed by atoms with van der Waals surface area (Å²) in [6.45, 7) is 28.3. The van der Waals surface area contributed by atoms with Crippen molar-refractivity contribution in [2.75, 3.05) is 0 Å². The minimum absolute atomic E-state index is 0.473. The van der Waals surface area contributed by atoms with Crippen LogP contribution in [0.5, 0.6) is 0 Å². The lowest BCUT2D eigenvalue weighted by Crippen LogP contribution is -1.94. The van der Waals surface area contributed by atoms with Crippen LogP contribution in [-0.2, 0) is 0 Å². The van der Waals surface area contributed by atoms with E-state index in [-0.39, 0.29) is 0 Å². The topological polar surface area (TPSA) is 0 Å². The van der Waals surface area contributed by atoms with Gasteiger partial charge in [0.2, 0.25) is 0 Å². The van der Waals surface area contributed by atoms with Crippen molar-refractivity contribution in [3.05, 3.63) is 156 Å². The van der Waals surface area contributed by atoms with Gasteiger partial charge in [-0.25, -0.2) is 0 Å². The molecule has 0 heteroatoms. The third kappa shape index (κ3) is 16.2. The fourth-order valence-electron chi connectivity index (χ4n) is 4.06. The average molecular weight is 523 g/mol. The van der Waals surface area contributed by atoms with Crippen LogP contribution in [0.15, 0.2) is 139 Å². The lowest BCUT2D eigenvalue weighted by molar-refractivity contribution is 0.878. The average Bonchev–Trinajstić information content (AvgIpc) is 2.94. The Labute approximate surface area is 241 Å². The Morgan fingerprint density at radius 1 is 0.667 bits per heavy atom. The molecule has 0 aliphatic carbocycles. The molecular weight excluding hydrogens is 468 g/mol. The SMILES string of the molecule is C=C(C)/C(CC)=C(\C)CCC.C=C(C)C.C=CC(C)c1ccccc1.CC(c1ccccc1)c1ccccc1. The molecule has 0 amide bonds. The molecule has 1 unspecified atom stereocenters. The molecule has 0 aliphatic heterocycles. The van der Waals surface area contributed by atoms with Crippen molar-refractivity contribution >= 4 is 0 Å². The number of hydrogen-bond donors (Lipinski definition) is 0. The van der Waals surface area contributed by atoms with Crippen LogP contribution < -0.4 is 0 Å². The summed E-state index contributed by atoms with van der Waals surface area (Å²) in [6.07, 6.45) is 5.54. The molecule has 1 atom stereocenters. The Bertz CT molecular complexity index is 1040. The Hall–Kier alpha value is -3.38. The van der Waals surface area contributed by atoms with Crippen molar-refractivity contribution in [3.8, 4) is 0 Å². The quantitative estimate of drug-likeness (QED) is 0.204. The van der Waals surface area contributed by atoms with Gasteiger partial charge in [-0.3, -0.25) is 0 Å². The lowest BCUT2D eigenvalue weighted by atomic mass is 9.93. The number of allylic oxidation sites excluding steroid dienone is 5. The van der Waals surface area contributed by atoms with E-state index in [1.54, 1.807) is 0 Å². The smallest absolute Gasteiger partial charge is 0.00610 e. The van der Waals surface area contributed by atoms with E-state index in [9.17, 15) is 0 Å². The highest BCUT2D eigenvalue weighted by Gasteiger charge is 2.06. The summed E-state index contributed by atoms with van der Waals surface area (Å²) in [7, 11) is 0. The van der Waals surface area contributed by atoms with E-state index in [4.69, 9.17) is 0 Å². The zero-order chi connectivity index (χ0) is 29.6. The van der Waals surface area contributed by atoms with E-state index in [1.807, 2.05) is 26.0 Å². The van der Waals surface area contributed by atoms with E-state index in [1.165, 1.54) is 51.8 Å². The van der Waals surface area contributed by atoms with Crippen molar-refractivity contribution in [1.82, 2.24) is 0 Å². The van der Waals surface area contributed by atoms with Gasteiger partial charge in [0.25, 0.3) is 0 Å². The van der Waals surface area contributed by atoms with Gasteiger partial charge in [0.15, 0.2) is 0 Å². The number of hydrogen-bond acceptors (Lipinski definition) is 0. The molecular formula is C39H54. The Balaban J connectivity index is 0.000000527. The highest BCUT2D eigenvalue weighted by atomic mass is 14.1. The summed E-state index contributed by atoms with van der Waals surface area (Å²) >= 11 is 0. The predicted octanol–water partition coefficient (Wildman–Crippen LogP) is 12.5. The summed E-state index contributed by atoms with van der Waals surface area (Å²) < 4.78 is 0. The second-order valence-electron chi connectivity index (χ2n) is 10.3. The van der Waals surface area contributed by atoms with Crippen molar-refractivity contribution < 1.29 is 0 Å². The highest BCUT2D eigenvalue weighted by Crippen LogP contribution is 2.23. The van der Waals surface area contributed by atoms with E-state index in [0.29, 0.717) is 11.8 Å².